The second-order valence-corrected chi connectivity index (χ2v) is 6.73. The maximum atomic E-state index is 13.1. The van der Waals surface area contributed by atoms with Gasteiger partial charge in [-0.3, -0.25) is 4.79 Å². The number of allylic oxidation sites excluding steroid dienone is 1. The van der Waals surface area contributed by atoms with E-state index in [1.165, 1.54) is 0 Å². The lowest BCUT2D eigenvalue weighted by atomic mass is 10.1. The number of ether oxygens (including phenoxy) is 1. The highest BCUT2D eigenvalue weighted by Crippen LogP contribution is 2.32. The number of amides is 1. The summed E-state index contributed by atoms with van der Waals surface area (Å²) in [7, 11) is 0. The number of nitrogens with one attached hydrogen (secondary N) is 1. The van der Waals surface area contributed by atoms with Gasteiger partial charge in [0.25, 0.3) is 5.91 Å². The zero-order valence-corrected chi connectivity index (χ0v) is 15.8. The van der Waals surface area contributed by atoms with Gasteiger partial charge in [-0.25, -0.2) is 0 Å². The van der Waals surface area contributed by atoms with Crippen molar-refractivity contribution in [2.75, 3.05) is 36.5 Å². The fourth-order valence-electron chi connectivity index (χ4n) is 3.70. The fourth-order valence-corrected chi connectivity index (χ4v) is 3.70. The molecule has 0 saturated carbocycles. The molecule has 1 fully saturated rings. The van der Waals surface area contributed by atoms with Gasteiger partial charge in [-0.1, -0.05) is 18.2 Å². The molecule has 0 aliphatic carbocycles. The Bertz CT molecular complexity index is 817. The molecule has 0 radical (unpaired) electrons. The number of nitrogens with zero attached hydrogens (tertiary/aromatic N) is 2. The summed E-state index contributed by atoms with van der Waals surface area (Å²) >= 11 is 0. The van der Waals surface area contributed by atoms with Crippen molar-refractivity contribution in [3.8, 4) is 0 Å². The molecule has 2 heterocycles. The Morgan fingerprint density at radius 3 is 2.65 bits per heavy atom. The Hall–Kier alpha value is -2.53. The fraction of sp³-hybridized carbons (Fsp3) is 0.381. The minimum atomic E-state index is -0.0856. The molecular formula is C21H27N3O2. The number of aromatic nitrogens is 1. The topological polar surface area (TPSA) is 46.5 Å². The van der Waals surface area contributed by atoms with Gasteiger partial charge >= 0.3 is 0 Å². The normalized spacial score (nSPS) is 14.3. The summed E-state index contributed by atoms with van der Waals surface area (Å²) in [6.07, 6.45) is 1.83. The minimum absolute atomic E-state index is 0.0856. The SMILES string of the molecule is C=CCn1c(C)c(N2CCOCC2)c(C)c1C(=O)Nc1cccc(C)c1. The molecular weight excluding hydrogens is 326 g/mol. The van der Waals surface area contributed by atoms with Crippen LogP contribution in [0.1, 0.15) is 27.3 Å². The molecule has 1 aromatic carbocycles. The zero-order chi connectivity index (χ0) is 18.7. The van der Waals surface area contributed by atoms with Gasteiger partial charge in [0, 0.05) is 36.6 Å². The molecule has 5 heteroatoms. The first-order valence-electron chi connectivity index (χ1n) is 9.04. The van der Waals surface area contributed by atoms with Crippen LogP contribution in [0.15, 0.2) is 36.9 Å². The number of carbonyl (C=O) groups excluding carboxylic acids is 1. The van der Waals surface area contributed by atoms with Crippen LogP contribution in [0.3, 0.4) is 0 Å². The largest absolute Gasteiger partial charge is 0.378 e. The first-order chi connectivity index (χ1) is 12.5. The summed E-state index contributed by atoms with van der Waals surface area (Å²) in [5.74, 6) is -0.0856. The number of morpholine rings is 1. The molecule has 5 nitrogen and oxygen atoms in total. The van der Waals surface area contributed by atoms with Crippen LogP contribution in [0.4, 0.5) is 11.4 Å². The second kappa shape index (κ2) is 7.79. The van der Waals surface area contributed by atoms with Crippen LogP contribution >= 0.6 is 0 Å². The average Bonchev–Trinajstić information content (AvgIpc) is 2.86. The van der Waals surface area contributed by atoms with Gasteiger partial charge in [-0.15, -0.1) is 6.58 Å². The summed E-state index contributed by atoms with van der Waals surface area (Å²) < 4.78 is 7.53. The van der Waals surface area contributed by atoms with Crippen molar-refractivity contribution in [2.45, 2.75) is 27.3 Å². The lowest BCUT2D eigenvalue weighted by Crippen LogP contribution is -2.36. The van der Waals surface area contributed by atoms with E-state index < -0.39 is 0 Å². The highest BCUT2D eigenvalue weighted by atomic mass is 16.5. The molecule has 26 heavy (non-hydrogen) atoms. The smallest absolute Gasteiger partial charge is 0.272 e. The van der Waals surface area contributed by atoms with Crippen molar-refractivity contribution in [2.24, 2.45) is 0 Å². The lowest BCUT2D eigenvalue weighted by Gasteiger charge is -2.29. The Labute approximate surface area is 155 Å². The Kier molecular flexibility index (Phi) is 5.47. The number of carbonyl (C=O) groups is 1. The van der Waals surface area contributed by atoms with Gasteiger partial charge in [-0.2, -0.15) is 0 Å². The van der Waals surface area contributed by atoms with Gasteiger partial charge in [-0.05, 0) is 38.5 Å². The molecule has 1 saturated heterocycles. The van der Waals surface area contributed by atoms with Gasteiger partial charge in [0.15, 0.2) is 0 Å². The third kappa shape index (κ3) is 3.53. The van der Waals surface area contributed by atoms with E-state index in [1.807, 2.05) is 44.2 Å². The quantitative estimate of drug-likeness (QED) is 0.834. The third-order valence-corrected chi connectivity index (χ3v) is 4.86. The number of hydrogen-bond acceptors (Lipinski definition) is 3. The van der Waals surface area contributed by atoms with Crippen molar-refractivity contribution in [1.29, 1.82) is 0 Å². The van der Waals surface area contributed by atoms with Crippen LogP contribution in [0.5, 0.6) is 0 Å². The van der Waals surface area contributed by atoms with Crippen molar-refractivity contribution in [1.82, 2.24) is 4.57 Å². The van der Waals surface area contributed by atoms with E-state index in [2.05, 4.69) is 28.3 Å². The summed E-state index contributed by atoms with van der Waals surface area (Å²) in [6.45, 7) is 13.7. The van der Waals surface area contributed by atoms with E-state index in [0.29, 0.717) is 12.2 Å². The average molecular weight is 353 g/mol. The predicted octanol–water partition coefficient (Wildman–Crippen LogP) is 3.69. The van der Waals surface area contributed by atoms with Gasteiger partial charge in [0.05, 0.1) is 18.9 Å². The Balaban J connectivity index is 1.99. The molecule has 1 aliphatic heterocycles. The van der Waals surface area contributed by atoms with E-state index in [-0.39, 0.29) is 5.91 Å². The Morgan fingerprint density at radius 2 is 2.00 bits per heavy atom. The molecule has 1 aromatic heterocycles. The second-order valence-electron chi connectivity index (χ2n) is 6.73. The molecule has 0 atom stereocenters. The van der Waals surface area contributed by atoms with Crippen molar-refractivity contribution >= 4 is 17.3 Å². The summed E-state index contributed by atoms with van der Waals surface area (Å²) in [6, 6.07) is 7.85. The molecule has 1 aliphatic rings. The Morgan fingerprint density at radius 1 is 1.27 bits per heavy atom. The monoisotopic (exact) mass is 353 g/mol. The lowest BCUT2D eigenvalue weighted by molar-refractivity contribution is 0.101. The van der Waals surface area contributed by atoms with Crippen LogP contribution in [0.25, 0.3) is 0 Å². The highest BCUT2D eigenvalue weighted by Gasteiger charge is 2.26. The molecule has 1 amide bonds. The molecule has 0 bridgehead atoms. The summed E-state index contributed by atoms with van der Waals surface area (Å²) in [5, 5.41) is 3.04. The van der Waals surface area contributed by atoms with E-state index in [1.54, 1.807) is 0 Å². The number of benzene rings is 1. The van der Waals surface area contributed by atoms with Gasteiger partial charge < -0.3 is 19.5 Å². The predicted molar refractivity (Wildman–Crippen MR) is 106 cm³/mol. The molecule has 0 unspecified atom stereocenters. The van der Waals surface area contributed by atoms with Crippen LogP contribution in [0.2, 0.25) is 0 Å². The van der Waals surface area contributed by atoms with Crippen molar-refractivity contribution in [3.05, 3.63) is 59.4 Å². The summed E-state index contributed by atoms with van der Waals surface area (Å²) in [4.78, 5) is 15.4. The van der Waals surface area contributed by atoms with Crippen LogP contribution in [-0.4, -0.2) is 36.8 Å². The van der Waals surface area contributed by atoms with Crippen LogP contribution in [-0.2, 0) is 11.3 Å². The number of rotatable bonds is 5. The standard InChI is InChI=1S/C21H27N3O2/c1-5-9-24-17(4)19(23-10-12-26-13-11-23)16(3)20(24)21(25)22-18-8-6-7-15(2)14-18/h5-8,14H,1,9-13H2,2-4H3,(H,22,25). The minimum Gasteiger partial charge on any atom is -0.378 e. The summed E-state index contributed by atoms with van der Waals surface area (Å²) in [5.41, 5.74) is 5.88. The maximum Gasteiger partial charge on any atom is 0.272 e. The number of anilines is 2. The van der Waals surface area contributed by atoms with Crippen LogP contribution < -0.4 is 10.2 Å². The zero-order valence-electron chi connectivity index (χ0n) is 15.8. The van der Waals surface area contributed by atoms with E-state index >= 15 is 0 Å². The van der Waals surface area contributed by atoms with Crippen LogP contribution in [0, 0.1) is 20.8 Å². The molecule has 138 valence electrons. The maximum absolute atomic E-state index is 13.1. The van der Waals surface area contributed by atoms with Gasteiger partial charge in [0.2, 0.25) is 0 Å². The van der Waals surface area contributed by atoms with E-state index in [9.17, 15) is 4.79 Å². The van der Waals surface area contributed by atoms with Gasteiger partial charge in [0.1, 0.15) is 5.69 Å². The molecule has 1 N–H and O–H groups in total. The first-order valence-corrected chi connectivity index (χ1v) is 9.04. The molecule has 3 rings (SSSR count). The molecule has 0 spiro atoms. The highest BCUT2D eigenvalue weighted by molar-refractivity contribution is 6.05. The van der Waals surface area contributed by atoms with E-state index in [0.717, 1.165) is 54.5 Å². The van der Waals surface area contributed by atoms with Crippen molar-refractivity contribution < 1.29 is 9.53 Å². The number of hydrogen-bond donors (Lipinski definition) is 1. The number of aryl methyl sites for hydroxylation is 1. The van der Waals surface area contributed by atoms with Crippen molar-refractivity contribution in [3.63, 3.8) is 0 Å². The van der Waals surface area contributed by atoms with E-state index in [4.69, 9.17) is 4.74 Å². The molecule has 2 aromatic rings. The third-order valence-electron chi connectivity index (χ3n) is 4.86. The first kappa shape index (κ1) is 18.3.